The van der Waals surface area contributed by atoms with Crippen molar-refractivity contribution in [3.8, 4) is 0 Å². The number of carbonyl (C=O) groups is 3. The van der Waals surface area contributed by atoms with Crippen molar-refractivity contribution in [1.29, 1.82) is 0 Å². The lowest BCUT2D eigenvalue weighted by molar-refractivity contribution is -0.116. The largest absolute Gasteiger partial charge is 0.352 e. The summed E-state index contributed by atoms with van der Waals surface area (Å²) < 4.78 is 0. The molecule has 0 radical (unpaired) electrons. The Labute approximate surface area is 175 Å². The van der Waals surface area contributed by atoms with Crippen LogP contribution in [-0.4, -0.2) is 30.3 Å². The zero-order valence-electron chi connectivity index (χ0n) is 17.0. The Kier molecular flexibility index (Phi) is 6.37. The number of hydrogen-bond acceptors (Lipinski definition) is 4. The molecule has 3 amide bonds. The predicted molar refractivity (Wildman–Crippen MR) is 116 cm³/mol. The lowest BCUT2D eigenvalue weighted by atomic mass is 9.87. The highest BCUT2D eigenvalue weighted by Crippen LogP contribution is 2.26. The maximum atomic E-state index is 12.3. The van der Waals surface area contributed by atoms with Crippen LogP contribution in [0.1, 0.15) is 66.3 Å². The predicted octanol–water partition coefficient (Wildman–Crippen LogP) is 3.70. The van der Waals surface area contributed by atoms with Crippen LogP contribution in [0, 0.1) is 0 Å². The Balaban J connectivity index is 1.46. The maximum Gasteiger partial charge on any atom is 0.254 e. The number of benzene rings is 1. The molecule has 0 aliphatic heterocycles. The van der Waals surface area contributed by atoms with Crippen LogP contribution >= 0.6 is 11.3 Å². The molecule has 0 saturated heterocycles. The first-order chi connectivity index (χ1) is 13.7. The van der Waals surface area contributed by atoms with Crippen molar-refractivity contribution in [2.45, 2.75) is 51.5 Å². The summed E-state index contributed by atoms with van der Waals surface area (Å²) in [6.07, 6.45) is 2.15. The van der Waals surface area contributed by atoms with Gasteiger partial charge in [0.15, 0.2) is 0 Å². The summed E-state index contributed by atoms with van der Waals surface area (Å²) in [6, 6.07) is 9.47. The third-order valence-corrected chi connectivity index (χ3v) is 5.56. The fourth-order valence-electron chi connectivity index (χ4n) is 2.78. The summed E-state index contributed by atoms with van der Waals surface area (Å²) in [5, 5.41) is 10.8. The van der Waals surface area contributed by atoms with Gasteiger partial charge in [0.1, 0.15) is 5.00 Å². The highest BCUT2D eigenvalue weighted by Gasteiger charge is 2.25. The first-order valence-corrected chi connectivity index (χ1v) is 10.7. The molecule has 1 aliphatic carbocycles. The summed E-state index contributed by atoms with van der Waals surface area (Å²) >= 11 is 1.31. The lowest BCUT2D eigenvalue weighted by Crippen LogP contribution is -2.28. The van der Waals surface area contributed by atoms with E-state index < -0.39 is 0 Å². The van der Waals surface area contributed by atoms with Crippen LogP contribution in [0.25, 0.3) is 0 Å². The SMILES string of the molecule is CC(C)(C)c1ccc(C(=O)NCCC(=O)Nc2sccc2C(=O)NC2CC2)cc1. The molecule has 1 saturated carbocycles. The minimum atomic E-state index is -0.240. The Morgan fingerprint density at radius 3 is 2.34 bits per heavy atom. The average molecular weight is 414 g/mol. The van der Waals surface area contributed by atoms with Gasteiger partial charge >= 0.3 is 0 Å². The molecular weight excluding hydrogens is 386 g/mol. The summed E-state index contributed by atoms with van der Waals surface area (Å²) in [5.41, 5.74) is 2.24. The molecule has 0 bridgehead atoms. The van der Waals surface area contributed by atoms with Crippen LogP contribution in [-0.2, 0) is 10.2 Å². The maximum absolute atomic E-state index is 12.3. The fourth-order valence-corrected chi connectivity index (χ4v) is 3.58. The second-order valence-electron chi connectivity index (χ2n) is 8.29. The highest BCUT2D eigenvalue weighted by molar-refractivity contribution is 7.14. The van der Waals surface area contributed by atoms with Gasteiger partial charge in [-0.15, -0.1) is 11.3 Å². The molecule has 2 aromatic rings. The molecule has 0 atom stereocenters. The second-order valence-corrected chi connectivity index (χ2v) is 9.21. The molecule has 1 aromatic carbocycles. The molecule has 1 aliphatic rings. The van der Waals surface area contributed by atoms with Gasteiger partial charge < -0.3 is 16.0 Å². The van der Waals surface area contributed by atoms with Crippen LogP contribution in [0.3, 0.4) is 0 Å². The summed E-state index contributed by atoms with van der Waals surface area (Å²) in [7, 11) is 0. The van der Waals surface area contributed by atoms with Crippen molar-refractivity contribution in [3.05, 3.63) is 52.4 Å². The van der Waals surface area contributed by atoms with E-state index in [4.69, 9.17) is 0 Å². The molecule has 1 heterocycles. The van der Waals surface area contributed by atoms with Gasteiger partial charge in [0.25, 0.3) is 11.8 Å². The first-order valence-electron chi connectivity index (χ1n) is 9.81. The smallest absolute Gasteiger partial charge is 0.254 e. The first kappa shape index (κ1) is 21.0. The summed E-state index contributed by atoms with van der Waals surface area (Å²) in [4.78, 5) is 36.7. The lowest BCUT2D eigenvalue weighted by Gasteiger charge is -2.19. The Morgan fingerprint density at radius 1 is 1.03 bits per heavy atom. The molecule has 0 unspecified atom stereocenters. The number of amides is 3. The minimum absolute atomic E-state index is 0.0311. The van der Waals surface area contributed by atoms with E-state index in [9.17, 15) is 14.4 Å². The molecule has 3 rings (SSSR count). The fraction of sp³-hybridized carbons (Fsp3) is 0.409. The monoisotopic (exact) mass is 413 g/mol. The third-order valence-electron chi connectivity index (χ3n) is 4.73. The van der Waals surface area contributed by atoms with E-state index in [2.05, 4.69) is 36.7 Å². The summed E-state index contributed by atoms with van der Waals surface area (Å²) in [5.74, 6) is -0.605. The van der Waals surface area contributed by atoms with E-state index in [1.54, 1.807) is 23.6 Å². The van der Waals surface area contributed by atoms with Crippen molar-refractivity contribution in [2.75, 3.05) is 11.9 Å². The van der Waals surface area contributed by atoms with Crippen molar-refractivity contribution >= 4 is 34.1 Å². The minimum Gasteiger partial charge on any atom is -0.352 e. The number of anilines is 1. The Morgan fingerprint density at radius 2 is 1.72 bits per heavy atom. The molecule has 29 heavy (non-hydrogen) atoms. The van der Waals surface area contributed by atoms with Gasteiger partial charge in [-0.3, -0.25) is 14.4 Å². The zero-order chi connectivity index (χ0) is 21.0. The normalized spacial score (nSPS) is 13.6. The van der Waals surface area contributed by atoms with Crippen molar-refractivity contribution in [3.63, 3.8) is 0 Å². The molecule has 154 valence electrons. The van der Waals surface area contributed by atoms with Crippen LogP contribution in [0.5, 0.6) is 0 Å². The van der Waals surface area contributed by atoms with Crippen molar-refractivity contribution in [1.82, 2.24) is 10.6 Å². The quantitative estimate of drug-likeness (QED) is 0.647. The van der Waals surface area contributed by atoms with E-state index in [1.807, 2.05) is 12.1 Å². The zero-order valence-corrected chi connectivity index (χ0v) is 17.8. The van der Waals surface area contributed by atoms with Crippen LogP contribution in [0.15, 0.2) is 35.7 Å². The number of nitrogens with one attached hydrogen (secondary N) is 3. The molecule has 1 aromatic heterocycles. The van der Waals surface area contributed by atoms with Crippen LogP contribution in [0.2, 0.25) is 0 Å². The van der Waals surface area contributed by atoms with Gasteiger partial charge in [0.2, 0.25) is 5.91 Å². The van der Waals surface area contributed by atoms with Gasteiger partial charge in [0, 0.05) is 24.6 Å². The van der Waals surface area contributed by atoms with Crippen molar-refractivity contribution in [2.24, 2.45) is 0 Å². The van der Waals surface area contributed by atoms with E-state index in [0.717, 1.165) is 18.4 Å². The van der Waals surface area contributed by atoms with E-state index in [-0.39, 0.29) is 42.1 Å². The van der Waals surface area contributed by atoms with Crippen LogP contribution in [0.4, 0.5) is 5.00 Å². The molecule has 0 spiro atoms. The van der Waals surface area contributed by atoms with Crippen molar-refractivity contribution < 1.29 is 14.4 Å². The van der Waals surface area contributed by atoms with E-state index in [1.165, 1.54) is 11.3 Å². The second kappa shape index (κ2) is 8.78. The number of rotatable bonds is 7. The molecule has 7 heteroatoms. The molecular formula is C22H27N3O3S. The third kappa shape index (κ3) is 5.90. The van der Waals surface area contributed by atoms with Gasteiger partial charge in [-0.05, 0) is 47.4 Å². The number of carbonyl (C=O) groups excluding carboxylic acids is 3. The number of hydrogen-bond donors (Lipinski definition) is 3. The van der Waals surface area contributed by atoms with E-state index >= 15 is 0 Å². The molecule has 6 nitrogen and oxygen atoms in total. The molecule has 1 fully saturated rings. The summed E-state index contributed by atoms with van der Waals surface area (Å²) in [6.45, 7) is 6.58. The topological polar surface area (TPSA) is 87.3 Å². The standard InChI is InChI=1S/C22H27N3O3S/c1-22(2,3)15-6-4-14(5-7-15)19(27)23-12-10-18(26)25-21-17(11-13-29-21)20(28)24-16-8-9-16/h4-7,11,13,16H,8-10,12H2,1-3H3,(H,23,27)(H,24,28)(H,25,26). The van der Waals surface area contributed by atoms with Gasteiger partial charge in [-0.25, -0.2) is 0 Å². The van der Waals surface area contributed by atoms with Crippen LogP contribution < -0.4 is 16.0 Å². The Bertz CT molecular complexity index is 893. The van der Waals surface area contributed by atoms with Gasteiger partial charge in [-0.1, -0.05) is 32.9 Å². The Hall–Kier alpha value is -2.67. The average Bonchev–Trinajstić information content (AvgIpc) is 3.36. The van der Waals surface area contributed by atoms with Gasteiger partial charge in [0.05, 0.1) is 5.56 Å². The highest BCUT2D eigenvalue weighted by atomic mass is 32.1. The van der Waals surface area contributed by atoms with Gasteiger partial charge in [-0.2, -0.15) is 0 Å². The number of thiophene rings is 1. The van der Waals surface area contributed by atoms with E-state index in [0.29, 0.717) is 16.1 Å². The molecule has 3 N–H and O–H groups in total.